The summed E-state index contributed by atoms with van der Waals surface area (Å²) in [5.74, 6) is -1.62. The number of para-hydroxylation sites is 1. The van der Waals surface area contributed by atoms with Crippen molar-refractivity contribution < 1.29 is 19.5 Å². The number of carbonyl (C=O) groups excluding carboxylic acids is 2. The normalized spacial score (nSPS) is 13.0. The van der Waals surface area contributed by atoms with E-state index in [1.54, 1.807) is 19.1 Å². The number of thioether (sulfide) groups is 1. The van der Waals surface area contributed by atoms with Gasteiger partial charge in [-0.05, 0) is 19.1 Å². The van der Waals surface area contributed by atoms with Crippen LogP contribution in [0.4, 0.5) is 5.69 Å². The van der Waals surface area contributed by atoms with Gasteiger partial charge in [-0.1, -0.05) is 18.2 Å². The van der Waals surface area contributed by atoms with E-state index in [1.807, 2.05) is 18.2 Å². The average Bonchev–Trinajstić information content (AvgIpc) is 2.43. The Morgan fingerprint density at radius 2 is 1.86 bits per heavy atom. The number of rotatable bonds is 7. The molecule has 6 nitrogen and oxygen atoms in total. The maximum Gasteiger partial charge on any atom is 0.327 e. The molecule has 0 aromatic heterocycles. The maximum absolute atomic E-state index is 12.0. The summed E-state index contributed by atoms with van der Waals surface area (Å²) in [6, 6.07) is 8.01. The number of aliphatic carboxylic acids is 1. The van der Waals surface area contributed by atoms with E-state index in [2.05, 4.69) is 10.6 Å². The zero-order valence-corrected chi connectivity index (χ0v) is 12.6. The van der Waals surface area contributed by atoms with Gasteiger partial charge in [-0.15, -0.1) is 11.8 Å². The molecule has 0 radical (unpaired) electrons. The summed E-state index contributed by atoms with van der Waals surface area (Å²) in [6.07, 6.45) is 0. The molecular weight excluding hydrogens is 292 g/mol. The highest BCUT2D eigenvalue weighted by molar-refractivity contribution is 8.00. The van der Waals surface area contributed by atoms with E-state index in [0.717, 1.165) is 0 Å². The molecule has 7 heteroatoms. The molecule has 0 saturated carbocycles. The Morgan fingerprint density at radius 1 is 1.24 bits per heavy atom. The van der Waals surface area contributed by atoms with Crippen LogP contribution in [0.25, 0.3) is 0 Å². The van der Waals surface area contributed by atoms with Crippen molar-refractivity contribution in [1.29, 1.82) is 0 Å². The molecule has 2 atom stereocenters. The second-order valence-electron chi connectivity index (χ2n) is 4.42. The van der Waals surface area contributed by atoms with Crippen molar-refractivity contribution in [1.82, 2.24) is 5.32 Å². The predicted octanol–water partition coefficient (Wildman–Crippen LogP) is 1.34. The summed E-state index contributed by atoms with van der Waals surface area (Å²) in [5.41, 5.74) is 0.687. The number of carboxylic acid groups (broad SMARTS) is 1. The van der Waals surface area contributed by atoms with E-state index in [-0.39, 0.29) is 11.7 Å². The second-order valence-corrected chi connectivity index (χ2v) is 5.80. The third-order valence-corrected chi connectivity index (χ3v) is 3.84. The molecule has 114 valence electrons. The minimum absolute atomic E-state index is 0.123. The minimum Gasteiger partial charge on any atom is -0.480 e. The first-order chi connectivity index (χ1) is 9.90. The van der Waals surface area contributed by atoms with Crippen LogP contribution >= 0.6 is 11.8 Å². The standard InChI is InChI=1S/C14H18N2O4S/c1-9(13(18)16-11-6-4-3-5-7-11)21-8-12(14(19)20)15-10(2)17/h3-7,9,12H,8H2,1-2H3,(H,15,17)(H,16,18)(H,19,20). The van der Waals surface area contributed by atoms with Crippen LogP contribution in [0.3, 0.4) is 0 Å². The first-order valence-electron chi connectivity index (χ1n) is 6.37. The Morgan fingerprint density at radius 3 is 2.38 bits per heavy atom. The lowest BCUT2D eigenvalue weighted by atomic mass is 10.3. The van der Waals surface area contributed by atoms with Crippen LogP contribution in [0.15, 0.2) is 30.3 Å². The van der Waals surface area contributed by atoms with Crippen molar-refractivity contribution in [3.8, 4) is 0 Å². The summed E-state index contributed by atoms with van der Waals surface area (Å²) >= 11 is 1.17. The first kappa shape index (κ1) is 17.0. The topological polar surface area (TPSA) is 95.5 Å². The third kappa shape index (κ3) is 6.31. The Kier molecular flexibility index (Phi) is 6.74. The molecule has 3 N–H and O–H groups in total. The fourth-order valence-corrected chi connectivity index (χ4v) is 2.42. The Hall–Kier alpha value is -2.02. The molecule has 0 spiro atoms. The van der Waals surface area contributed by atoms with Crippen molar-refractivity contribution in [3.05, 3.63) is 30.3 Å². The van der Waals surface area contributed by atoms with Crippen LogP contribution in [0.1, 0.15) is 13.8 Å². The lowest BCUT2D eigenvalue weighted by Crippen LogP contribution is -2.42. The molecule has 1 rings (SSSR count). The zero-order valence-electron chi connectivity index (χ0n) is 11.8. The number of carbonyl (C=O) groups is 3. The average molecular weight is 310 g/mol. The van der Waals surface area contributed by atoms with E-state index in [0.29, 0.717) is 5.69 Å². The number of amides is 2. The Balaban J connectivity index is 2.48. The molecule has 0 aliphatic heterocycles. The van der Waals surface area contributed by atoms with Gasteiger partial charge in [0, 0.05) is 18.4 Å². The highest BCUT2D eigenvalue weighted by Crippen LogP contribution is 2.15. The molecule has 1 aromatic rings. The molecule has 0 aliphatic rings. The molecule has 0 saturated heterocycles. The van der Waals surface area contributed by atoms with Crippen LogP contribution in [-0.2, 0) is 14.4 Å². The van der Waals surface area contributed by atoms with Gasteiger partial charge in [-0.25, -0.2) is 4.79 Å². The summed E-state index contributed by atoms with van der Waals surface area (Å²) in [4.78, 5) is 33.8. The van der Waals surface area contributed by atoms with E-state index < -0.39 is 23.2 Å². The van der Waals surface area contributed by atoms with Gasteiger partial charge < -0.3 is 15.7 Å². The van der Waals surface area contributed by atoms with Crippen molar-refractivity contribution in [2.24, 2.45) is 0 Å². The first-order valence-corrected chi connectivity index (χ1v) is 7.42. The van der Waals surface area contributed by atoms with Crippen molar-refractivity contribution in [3.63, 3.8) is 0 Å². The van der Waals surface area contributed by atoms with Crippen molar-refractivity contribution >= 4 is 35.2 Å². The lowest BCUT2D eigenvalue weighted by molar-refractivity contribution is -0.140. The number of benzene rings is 1. The van der Waals surface area contributed by atoms with Crippen molar-refractivity contribution in [2.45, 2.75) is 25.1 Å². The highest BCUT2D eigenvalue weighted by Gasteiger charge is 2.22. The molecule has 1 aromatic carbocycles. The Bertz CT molecular complexity index is 507. The molecule has 0 bridgehead atoms. The molecule has 2 amide bonds. The predicted molar refractivity (Wildman–Crippen MR) is 82.2 cm³/mol. The van der Waals surface area contributed by atoms with Gasteiger partial charge in [0.25, 0.3) is 0 Å². The van der Waals surface area contributed by atoms with Gasteiger partial charge in [0.1, 0.15) is 6.04 Å². The van der Waals surface area contributed by atoms with E-state index in [4.69, 9.17) is 5.11 Å². The fraction of sp³-hybridized carbons (Fsp3) is 0.357. The summed E-state index contributed by atoms with van der Waals surface area (Å²) < 4.78 is 0. The maximum atomic E-state index is 12.0. The van der Waals surface area contributed by atoms with Crippen molar-refractivity contribution in [2.75, 3.05) is 11.1 Å². The van der Waals surface area contributed by atoms with E-state index >= 15 is 0 Å². The van der Waals surface area contributed by atoms with Gasteiger partial charge in [0.05, 0.1) is 5.25 Å². The monoisotopic (exact) mass is 310 g/mol. The number of hydrogen-bond acceptors (Lipinski definition) is 4. The van der Waals surface area contributed by atoms with Gasteiger partial charge in [0.2, 0.25) is 11.8 Å². The molecular formula is C14H18N2O4S. The summed E-state index contributed by atoms with van der Waals surface area (Å²) in [7, 11) is 0. The second kappa shape index (κ2) is 8.31. The van der Waals surface area contributed by atoms with Gasteiger partial charge >= 0.3 is 5.97 Å². The highest BCUT2D eigenvalue weighted by atomic mass is 32.2. The largest absolute Gasteiger partial charge is 0.480 e. The molecule has 0 heterocycles. The number of nitrogens with one attached hydrogen (secondary N) is 2. The van der Waals surface area contributed by atoms with E-state index in [1.165, 1.54) is 18.7 Å². The third-order valence-electron chi connectivity index (χ3n) is 2.60. The minimum atomic E-state index is -1.12. The molecule has 0 fully saturated rings. The number of carboxylic acids is 1. The number of anilines is 1. The Labute approximate surface area is 127 Å². The number of hydrogen-bond donors (Lipinski definition) is 3. The smallest absolute Gasteiger partial charge is 0.327 e. The SMILES string of the molecule is CC(=O)NC(CSC(C)C(=O)Nc1ccccc1)C(=O)O. The van der Waals surface area contributed by atoms with Gasteiger partial charge in [-0.2, -0.15) is 0 Å². The fourth-order valence-electron chi connectivity index (χ4n) is 1.50. The van der Waals surface area contributed by atoms with Crippen LogP contribution in [0.5, 0.6) is 0 Å². The van der Waals surface area contributed by atoms with Crippen LogP contribution in [0, 0.1) is 0 Å². The molecule has 2 unspecified atom stereocenters. The van der Waals surface area contributed by atoms with Gasteiger partial charge in [-0.3, -0.25) is 9.59 Å². The van der Waals surface area contributed by atoms with E-state index in [9.17, 15) is 14.4 Å². The van der Waals surface area contributed by atoms with Gasteiger partial charge in [0.15, 0.2) is 0 Å². The lowest BCUT2D eigenvalue weighted by Gasteiger charge is -2.16. The zero-order chi connectivity index (χ0) is 15.8. The summed E-state index contributed by atoms with van der Waals surface area (Å²) in [6.45, 7) is 2.95. The molecule has 21 heavy (non-hydrogen) atoms. The molecule has 0 aliphatic carbocycles. The van der Waals surface area contributed by atoms with Crippen LogP contribution in [0.2, 0.25) is 0 Å². The van der Waals surface area contributed by atoms with Crippen LogP contribution < -0.4 is 10.6 Å². The quantitative estimate of drug-likeness (QED) is 0.706. The van der Waals surface area contributed by atoms with Crippen LogP contribution in [-0.4, -0.2) is 39.9 Å². The summed E-state index contributed by atoms with van der Waals surface area (Å²) in [5, 5.41) is 13.6.